The van der Waals surface area contributed by atoms with E-state index in [1.807, 2.05) is 0 Å². The molecule has 4 atom stereocenters. The third-order valence-electron chi connectivity index (χ3n) is 3.19. The molecule has 3 heterocycles. The van der Waals surface area contributed by atoms with Gasteiger partial charge >= 0.3 is 5.97 Å². The number of carbonyl (C=O) groups is 1. The molecule has 4 nitrogen and oxygen atoms in total. The highest BCUT2D eigenvalue weighted by atomic mass is 16.5. The number of nitrogens with zero attached hydrogens (tertiary/aromatic N) is 1. The van der Waals surface area contributed by atoms with Gasteiger partial charge in [0, 0.05) is 19.0 Å². The molecule has 0 amide bonds. The van der Waals surface area contributed by atoms with E-state index in [1.165, 1.54) is 7.11 Å². The Morgan fingerprint density at radius 3 is 2.85 bits per heavy atom. The predicted molar refractivity (Wildman–Crippen MR) is 46.1 cm³/mol. The van der Waals surface area contributed by atoms with Gasteiger partial charge in [-0.25, -0.2) is 0 Å². The first-order chi connectivity index (χ1) is 6.22. The summed E-state index contributed by atoms with van der Waals surface area (Å²) in [4.78, 5) is 13.5. The van der Waals surface area contributed by atoms with Crippen LogP contribution in [0.15, 0.2) is 0 Å². The van der Waals surface area contributed by atoms with Crippen LogP contribution in [-0.2, 0) is 9.53 Å². The van der Waals surface area contributed by atoms with Crippen molar-refractivity contribution in [2.45, 2.75) is 12.5 Å². The summed E-state index contributed by atoms with van der Waals surface area (Å²) in [7, 11) is 1.41. The second-order valence-corrected chi connectivity index (χ2v) is 3.91. The van der Waals surface area contributed by atoms with Crippen LogP contribution >= 0.6 is 0 Å². The number of carbonyl (C=O) groups excluding carboxylic acids is 1. The maximum absolute atomic E-state index is 11.3. The van der Waals surface area contributed by atoms with E-state index < -0.39 is 0 Å². The zero-order valence-electron chi connectivity index (χ0n) is 7.77. The quantitative estimate of drug-likeness (QED) is 0.558. The fraction of sp³-hybridized carbons (Fsp3) is 0.889. The molecular weight excluding hydrogens is 170 g/mol. The molecule has 1 unspecified atom stereocenters. The van der Waals surface area contributed by atoms with Crippen LogP contribution in [0, 0.1) is 11.8 Å². The fourth-order valence-electron chi connectivity index (χ4n) is 2.46. The third kappa shape index (κ3) is 1.44. The number of rotatable bonds is 1. The number of aliphatic hydroxyl groups excluding tert-OH is 1. The zero-order valence-corrected chi connectivity index (χ0v) is 7.77. The molecule has 74 valence electrons. The standard InChI is InChI=1S/C9H15NO3/c1-13-9(12)7-4-10-3-2-6(7)8(11)5-10/h6-8,11H,2-5H2,1H3/t6-,7-,8+/m0/s1. The van der Waals surface area contributed by atoms with Crippen molar-refractivity contribution in [2.75, 3.05) is 26.7 Å². The van der Waals surface area contributed by atoms with Crippen molar-refractivity contribution >= 4 is 5.97 Å². The van der Waals surface area contributed by atoms with Crippen molar-refractivity contribution < 1.29 is 14.6 Å². The van der Waals surface area contributed by atoms with Crippen LogP contribution < -0.4 is 0 Å². The van der Waals surface area contributed by atoms with E-state index in [9.17, 15) is 9.90 Å². The molecule has 0 aromatic rings. The molecule has 0 saturated carbocycles. The molecule has 3 fully saturated rings. The van der Waals surface area contributed by atoms with Crippen LogP contribution in [0.2, 0.25) is 0 Å². The first-order valence-electron chi connectivity index (χ1n) is 4.70. The number of ether oxygens (including phenoxy) is 1. The molecule has 1 N–H and O–H groups in total. The van der Waals surface area contributed by atoms with Gasteiger partial charge in [-0.15, -0.1) is 0 Å². The molecule has 0 aliphatic carbocycles. The van der Waals surface area contributed by atoms with Gasteiger partial charge in [-0.2, -0.15) is 0 Å². The minimum absolute atomic E-state index is 0.109. The molecule has 2 bridgehead atoms. The largest absolute Gasteiger partial charge is 0.469 e. The molecule has 3 rings (SSSR count). The van der Waals surface area contributed by atoms with Gasteiger partial charge in [0.2, 0.25) is 0 Å². The summed E-state index contributed by atoms with van der Waals surface area (Å²) in [6, 6.07) is 0. The second kappa shape index (κ2) is 3.27. The van der Waals surface area contributed by atoms with Crippen LogP contribution in [0.5, 0.6) is 0 Å². The van der Waals surface area contributed by atoms with Crippen molar-refractivity contribution in [3.63, 3.8) is 0 Å². The summed E-state index contributed by atoms with van der Waals surface area (Å²) in [6.45, 7) is 2.49. The van der Waals surface area contributed by atoms with E-state index in [-0.39, 0.29) is 23.9 Å². The van der Waals surface area contributed by atoms with Gasteiger partial charge in [-0.05, 0) is 13.0 Å². The number of hydrogen-bond acceptors (Lipinski definition) is 4. The highest BCUT2D eigenvalue weighted by Gasteiger charge is 2.44. The van der Waals surface area contributed by atoms with E-state index in [2.05, 4.69) is 4.90 Å². The zero-order chi connectivity index (χ0) is 9.42. The van der Waals surface area contributed by atoms with Gasteiger partial charge in [0.25, 0.3) is 0 Å². The van der Waals surface area contributed by atoms with Gasteiger partial charge < -0.3 is 9.84 Å². The lowest BCUT2D eigenvalue weighted by Crippen LogP contribution is -2.57. The maximum Gasteiger partial charge on any atom is 0.310 e. The first-order valence-corrected chi connectivity index (χ1v) is 4.70. The van der Waals surface area contributed by atoms with Crippen molar-refractivity contribution in [2.24, 2.45) is 11.8 Å². The smallest absolute Gasteiger partial charge is 0.310 e. The normalized spacial score (nSPS) is 43.2. The van der Waals surface area contributed by atoms with Gasteiger partial charge in [-0.1, -0.05) is 0 Å². The topological polar surface area (TPSA) is 49.8 Å². The summed E-state index contributed by atoms with van der Waals surface area (Å²) in [6.07, 6.45) is 0.576. The average Bonchev–Trinajstić information content (AvgIpc) is 2.17. The summed E-state index contributed by atoms with van der Waals surface area (Å²) >= 11 is 0. The third-order valence-corrected chi connectivity index (χ3v) is 3.19. The summed E-state index contributed by atoms with van der Waals surface area (Å²) in [5, 5.41) is 9.66. The Morgan fingerprint density at radius 1 is 1.54 bits per heavy atom. The highest BCUT2D eigenvalue weighted by molar-refractivity contribution is 5.73. The Morgan fingerprint density at radius 2 is 2.31 bits per heavy atom. The van der Waals surface area contributed by atoms with Crippen molar-refractivity contribution in [1.29, 1.82) is 0 Å². The van der Waals surface area contributed by atoms with Gasteiger partial charge in [0.15, 0.2) is 0 Å². The number of esters is 1. The number of hydrogen-bond donors (Lipinski definition) is 1. The van der Waals surface area contributed by atoms with E-state index in [0.717, 1.165) is 26.1 Å². The van der Waals surface area contributed by atoms with Crippen molar-refractivity contribution in [3.05, 3.63) is 0 Å². The molecule has 13 heavy (non-hydrogen) atoms. The van der Waals surface area contributed by atoms with Crippen LogP contribution in [0.3, 0.4) is 0 Å². The molecule has 4 heteroatoms. The monoisotopic (exact) mass is 185 g/mol. The highest BCUT2D eigenvalue weighted by Crippen LogP contribution is 2.33. The van der Waals surface area contributed by atoms with Crippen LogP contribution in [0.1, 0.15) is 6.42 Å². The Bertz CT molecular complexity index is 219. The number of aliphatic hydroxyl groups is 1. The number of piperidine rings is 3. The lowest BCUT2D eigenvalue weighted by atomic mass is 9.77. The number of methoxy groups -OCH3 is 1. The van der Waals surface area contributed by atoms with Gasteiger partial charge in [-0.3, -0.25) is 9.69 Å². The summed E-state index contributed by atoms with van der Waals surface area (Å²) in [5.74, 6) is -0.159. The first kappa shape index (κ1) is 8.97. The fourth-order valence-corrected chi connectivity index (χ4v) is 2.46. The maximum atomic E-state index is 11.3. The molecule has 0 aromatic carbocycles. The molecule has 3 saturated heterocycles. The minimum Gasteiger partial charge on any atom is -0.469 e. The Hall–Kier alpha value is -0.610. The Labute approximate surface area is 77.5 Å². The molecule has 0 aromatic heterocycles. The van der Waals surface area contributed by atoms with Crippen molar-refractivity contribution in [3.8, 4) is 0 Å². The van der Waals surface area contributed by atoms with E-state index in [1.54, 1.807) is 0 Å². The molecule has 3 aliphatic heterocycles. The van der Waals surface area contributed by atoms with E-state index in [0.29, 0.717) is 0 Å². The molecule has 3 aliphatic rings. The predicted octanol–water partition coefficient (Wildman–Crippen LogP) is -0.528. The molecule has 0 spiro atoms. The Kier molecular flexibility index (Phi) is 2.26. The second-order valence-electron chi connectivity index (χ2n) is 3.91. The lowest BCUT2D eigenvalue weighted by Gasteiger charge is -2.46. The number of fused-ring (bicyclic) bond motifs is 3. The average molecular weight is 185 g/mol. The lowest BCUT2D eigenvalue weighted by molar-refractivity contribution is -0.158. The Balaban J connectivity index is 2.10. The molecule has 0 radical (unpaired) electrons. The van der Waals surface area contributed by atoms with Crippen LogP contribution in [-0.4, -0.2) is 48.8 Å². The minimum atomic E-state index is -0.341. The van der Waals surface area contributed by atoms with Crippen LogP contribution in [0.25, 0.3) is 0 Å². The van der Waals surface area contributed by atoms with Gasteiger partial charge in [0.05, 0.1) is 19.1 Å². The van der Waals surface area contributed by atoms with E-state index in [4.69, 9.17) is 4.74 Å². The van der Waals surface area contributed by atoms with Crippen molar-refractivity contribution in [1.82, 2.24) is 4.90 Å². The van der Waals surface area contributed by atoms with E-state index >= 15 is 0 Å². The van der Waals surface area contributed by atoms with Crippen LogP contribution in [0.4, 0.5) is 0 Å². The summed E-state index contributed by atoms with van der Waals surface area (Å²) in [5.41, 5.74) is 0. The SMILES string of the molecule is COC(=O)[C@H]1CN2CC[C@@H]1[C@H](O)C2. The van der Waals surface area contributed by atoms with Gasteiger partial charge in [0.1, 0.15) is 0 Å². The summed E-state index contributed by atoms with van der Waals surface area (Å²) < 4.78 is 4.71. The molecular formula is C9H15NO3.